The normalized spacial score (nSPS) is 19.8. The monoisotopic (exact) mass is 580 g/mol. The molecule has 3 atom stereocenters. The number of anilines is 2. The topological polar surface area (TPSA) is 84.4 Å². The minimum absolute atomic E-state index is 0.119. The van der Waals surface area contributed by atoms with E-state index in [1.807, 2.05) is 67.6 Å². The molecule has 1 N–H and O–H groups in total. The number of aliphatic carboxylic acids is 1. The molecule has 5 rings (SSSR count). The van der Waals surface area contributed by atoms with Crippen LogP contribution in [0.4, 0.5) is 21.0 Å². The average molecular weight is 582 g/mol. The zero-order valence-corrected chi connectivity index (χ0v) is 23.5. The Hall–Kier alpha value is -3.75. The molecule has 2 aliphatic heterocycles. The van der Waals surface area contributed by atoms with Gasteiger partial charge >= 0.3 is 18.0 Å². The molecule has 2 saturated heterocycles. The van der Waals surface area contributed by atoms with E-state index in [0.29, 0.717) is 40.8 Å². The first-order valence-electron chi connectivity index (χ1n) is 13.2. The number of benzene rings is 3. The fourth-order valence-corrected chi connectivity index (χ4v) is 6.20. The van der Waals surface area contributed by atoms with Gasteiger partial charge in [0, 0.05) is 29.7 Å². The Bertz CT molecular complexity index is 1350. The zero-order chi connectivity index (χ0) is 28.4. The number of piperazine rings is 1. The van der Waals surface area contributed by atoms with Crippen LogP contribution in [0.2, 0.25) is 10.0 Å². The van der Waals surface area contributed by atoms with Gasteiger partial charge < -0.3 is 19.8 Å². The van der Waals surface area contributed by atoms with Crippen LogP contribution in [0.15, 0.2) is 78.9 Å². The first-order valence-corrected chi connectivity index (χ1v) is 14.0. The van der Waals surface area contributed by atoms with E-state index in [9.17, 15) is 19.5 Å². The van der Waals surface area contributed by atoms with Gasteiger partial charge in [0.25, 0.3) is 0 Å². The van der Waals surface area contributed by atoms with Crippen LogP contribution in [0.1, 0.15) is 25.3 Å². The van der Waals surface area contributed by atoms with Crippen molar-refractivity contribution in [2.75, 3.05) is 18.0 Å². The van der Waals surface area contributed by atoms with Crippen molar-refractivity contribution in [1.82, 2.24) is 14.7 Å². The van der Waals surface area contributed by atoms with E-state index in [1.165, 1.54) is 9.80 Å². The van der Waals surface area contributed by atoms with Crippen molar-refractivity contribution in [3.8, 4) is 0 Å². The van der Waals surface area contributed by atoms with Gasteiger partial charge in [-0.05, 0) is 61.7 Å². The predicted octanol–water partition coefficient (Wildman–Crippen LogP) is 6.50. The number of hydrogen-bond acceptors (Lipinski definition) is 3. The smallest absolute Gasteiger partial charge is 0.329 e. The average Bonchev–Trinajstić information content (AvgIpc) is 3.25. The fraction of sp³-hybridized carbons (Fsp3) is 0.300. The number of amides is 4. The van der Waals surface area contributed by atoms with Crippen molar-refractivity contribution in [1.29, 1.82) is 0 Å². The standard InChI is InChI=1S/C30H30Cl2N4O4/c1-2-33(18-20-13-14-21(31)17-25(20)32)29(39)36-24-15-16-26(36)27(28(37)38)34(19-24)30(40)35(22-9-5-3-6-10-22)23-11-7-4-8-12-23/h3-14,17,24,26-27H,2,15-16,18-19H2,1H3,(H,37,38)/t24-,26+,27-/m0/s1. The summed E-state index contributed by atoms with van der Waals surface area (Å²) in [6, 6.07) is 20.6. The van der Waals surface area contributed by atoms with Crippen LogP contribution in [0, 0.1) is 0 Å². The highest BCUT2D eigenvalue weighted by Crippen LogP contribution is 2.38. The number of para-hydroxylation sites is 2. The lowest BCUT2D eigenvalue weighted by molar-refractivity contribution is -0.145. The van der Waals surface area contributed by atoms with E-state index in [2.05, 4.69) is 0 Å². The lowest BCUT2D eigenvalue weighted by Crippen LogP contribution is -2.67. The van der Waals surface area contributed by atoms with Crippen molar-refractivity contribution in [3.05, 3.63) is 94.5 Å². The zero-order valence-electron chi connectivity index (χ0n) is 22.0. The summed E-state index contributed by atoms with van der Waals surface area (Å²) < 4.78 is 0. The molecule has 40 heavy (non-hydrogen) atoms. The van der Waals surface area contributed by atoms with E-state index < -0.39 is 24.1 Å². The number of carboxylic acids is 1. The van der Waals surface area contributed by atoms with Gasteiger partial charge in [-0.3, -0.25) is 4.90 Å². The van der Waals surface area contributed by atoms with Crippen molar-refractivity contribution in [2.24, 2.45) is 0 Å². The molecule has 10 heteroatoms. The number of hydrogen-bond donors (Lipinski definition) is 1. The third-order valence-corrected chi connectivity index (χ3v) is 8.21. The molecular weight excluding hydrogens is 551 g/mol. The van der Waals surface area contributed by atoms with Gasteiger partial charge in [0.2, 0.25) is 0 Å². The lowest BCUT2D eigenvalue weighted by Gasteiger charge is -2.47. The Labute approximate surface area is 243 Å². The van der Waals surface area contributed by atoms with E-state index in [-0.39, 0.29) is 25.2 Å². The highest BCUT2D eigenvalue weighted by Gasteiger charge is 2.54. The molecule has 2 heterocycles. The molecule has 2 fully saturated rings. The lowest BCUT2D eigenvalue weighted by atomic mass is 10.0. The van der Waals surface area contributed by atoms with Crippen LogP contribution in [-0.2, 0) is 11.3 Å². The molecular formula is C30H30Cl2N4O4. The molecule has 208 valence electrons. The molecule has 8 nitrogen and oxygen atoms in total. The second-order valence-electron chi connectivity index (χ2n) is 9.96. The molecule has 0 aliphatic carbocycles. The van der Waals surface area contributed by atoms with Gasteiger partial charge in [-0.15, -0.1) is 0 Å². The molecule has 0 spiro atoms. The maximum Gasteiger partial charge on any atom is 0.329 e. The minimum Gasteiger partial charge on any atom is -0.480 e. The number of nitrogens with zero attached hydrogens (tertiary/aromatic N) is 4. The van der Waals surface area contributed by atoms with E-state index in [4.69, 9.17) is 23.2 Å². The largest absolute Gasteiger partial charge is 0.480 e. The second kappa shape index (κ2) is 11.8. The Balaban J connectivity index is 1.44. The van der Waals surface area contributed by atoms with Crippen molar-refractivity contribution >= 4 is 52.6 Å². The van der Waals surface area contributed by atoms with E-state index in [1.54, 1.807) is 28.0 Å². The second-order valence-corrected chi connectivity index (χ2v) is 10.8. The number of carboxylic acid groups (broad SMARTS) is 1. The van der Waals surface area contributed by atoms with Crippen LogP contribution in [0.5, 0.6) is 0 Å². The summed E-state index contributed by atoms with van der Waals surface area (Å²) in [5.41, 5.74) is 2.01. The summed E-state index contributed by atoms with van der Waals surface area (Å²) >= 11 is 12.4. The molecule has 3 aromatic carbocycles. The predicted molar refractivity (Wildman–Crippen MR) is 155 cm³/mol. The van der Waals surface area contributed by atoms with Gasteiger partial charge in [0.05, 0.1) is 23.5 Å². The van der Waals surface area contributed by atoms with Crippen molar-refractivity contribution in [3.63, 3.8) is 0 Å². The highest BCUT2D eigenvalue weighted by molar-refractivity contribution is 6.35. The van der Waals surface area contributed by atoms with Gasteiger partial charge in [-0.2, -0.15) is 0 Å². The number of urea groups is 2. The number of fused-ring (bicyclic) bond motifs is 2. The highest BCUT2D eigenvalue weighted by atomic mass is 35.5. The van der Waals surface area contributed by atoms with Crippen molar-refractivity contribution < 1.29 is 19.5 Å². The van der Waals surface area contributed by atoms with Crippen molar-refractivity contribution in [2.45, 2.75) is 44.4 Å². The molecule has 0 saturated carbocycles. The maximum atomic E-state index is 14.2. The summed E-state index contributed by atoms with van der Waals surface area (Å²) in [5.74, 6) is -1.14. The van der Waals surface area contributed by atoms with Crippen LogP contribution in [0.25, 0.3) is 0 Å². The molecule has 4 amide bonds. The Morgan fingerprint density at radius 3 is 2.08 bits per heavy atom. The van der Waals surface area contributed by atoms with E-state index >= 15 is 0 Å². The van der Waals surface area contributed by atoms with Crippen LogP contribution < -0.4 is 4.90 Å². The van der Waals surface area contributed by atoms with Gasteiger partial charge in [0.15, 0.2) is 6.04 Å². The summed E-state index contributed by atoms with van der Waals surface area (Å²) in [5, 5.41) is 11.4. The third kappa shape index (κ3) is 5.33. The first-order chi connectivity index (χ1) is 19.3. The molecule has 3 aromatic rings. The number of carbonyl (C=O) groups is 3. The Kier molecular flexibility index (Phi) is 8.19. The van der Waals surface area contributed by atoms with Crippen LogP contribution in [0.3, 0.4) is 0 Å². The third-order valence-electron chi connectivity index (χ3n) is 7.62. The Morgan fingerprint density at radius 2 is 1.52 bits per heavy atom. The maximum absolute atomic E-state index is 14.2. The number of rotatable bonds is 6. The van der Waals surface area contributed by atoms with Gasteiger partial charge in [-0.1, -0.05) is 65.7 Å². The summed E-state index contributed by atoms with van der Waals surface area (Å²) in [4.78, 5) is 47.0. The quantitative estimate of drug-likeness (QED) is 0.361. The molecule has 0 radical (unpaired) electrons. The van der Waals surface area contributed by atoms with Gasteiger partial charge in [-0.25, -0.2) is 14.4 Å². The minimum atomic E-state index is -1.19. The van der Waals surface area contributed by atoms with Gasteiger partial charge in [0.1, 0.15) is 0 Å². The summed E-state index contributed by atoms with van der Waals surface area (Å²) in [6.45, 7) is 2.66. The van der Waals surface area contributed by atoms with Crippen LogP contribution >= 0.6 is 23.2 Å². The summed E-state index contributed by atoms with van der Waals surface area (Å²) in [7, 11) is 0. The number of halogens is 2. The molecule has 2 aliphatic rings. The molecule has 0 unspecified atom stereocenters. The number of likely N-dealkylation sites (tertiary alicyclic amines) is 1. The summed E-state index contributed by atoms with van der Waals surface area (Å²) in [6.07, 6.45) is 1.10. The fourth-order valence-electron chi connectivity index (χ4n) is 5.73. The van der Waals surface area contributed by atoms with Crippen LogP contribution in [-0.4, -0.2) is 69.1 Å². The van der Waals surface area contributed by atoms with E-state index in [0.717, 1.165) is 5.56 Å². The molecule has 0 aromatic heterocycles. The molecule has 2 bridgehead atoms. The SMILES string of the molecule is CCN(Cc1ccc(Cl)cc1Cl)C(=O)N1[C@H]2CC[C@@H]1[C@@H](C(=O)O)N(C(=O)N(c1ccccc1)c1ccccc1)C2. The number of carbonyl (C=O) groups excluding carboxylic acids is 2. The first kappa shape index (κ1) is 27.8. The Morgan fingerprint density at radius 1 is 0.900 bits per heavy atom.